The zero-order valence-electron chi connectivity index (χ0n) is 14.3. The highest BCUT2D eigenvalue weighted by molar-refractivity contribution is 7.85. The summed E-state index contributed by atoms with van der Waals surface area (Å²) in [6.07, 6.45) is 13.1. The summed E-state index contributed by atoms with van der Waals surface area (Å²) in [5.41, 5.74) is 0. The zero-order valence-corrected chi connectivity index (χ0v) is 15.1. The molecule has 0 aromatic carbocycles. The van der Waals surface area contributed by atoms with Crippen LogP contribution in [0.25, 0.3) is 0 Å². The first-order chi connectivity index (χ1) is 9.77. The fourth-order valence-corrected chi connectivity index (χ4v) is 3.23. The van der Waals surface area contributed by atoms with Gasteiger partial charge >= 0.3 is 0 Å². The van der Waals surface area contributed by atoms with E-state index in [4.69, 9.17) is 4.55 Å². The molecular weight excluding hydrogens is 286 g/mol. The Bertz CT molecular complexity index is 339. The van der Waals surface area contributed by atoms with Crippen LogP contribution in [0.15, 0.2) is 0 Å². The molecule has 0 rings (SSSR count). The fraction of sp³-hybridized carbons (Fsp3) is 1.00. The minimum absolute atomic E-state index is 0.141. The first kappa shape index (κ1) is 20.9. The van der Waals surface area contributed by atoms with Gasteiger partial charge in [-0.3, -0.25) is 4.55 Å². The SMILES string of the molecule is CCCCCCCCCCCC[N+](C)(C)CCS(=O)(=O)O. The number of hydrogen-bond acceptors (Lipinski definition) is 2. The van der Waals surface area contributed by atoms with Gasteiger partial charge in [0.1, 0.15) is 5.75 Å². The summed E-state index contributed by atoms with van der Waals surface area (Å²) >= 11 is 0. The summed E-state index contributed by atoms with van der Waals surface area (Å²) in [7, 11) is 0.228. The van der Waals surface area contributed by atoms with Crippen molar-refractivity contribution in [1.82, 2.24) is 0 Å². The number of rotatable bonds is 14. The second-order valence-corrected chi connectivity index (χ2v) is 8.42. The van der Waals surface area contributed by atoms with E-state index in [2.05, 4.69) is 6.92 Å². The van der Waals surface area contributed by atoms with Crippen LogP contribution < -0.4 is 0 Å². The van der Waals surface area contributed by atoms with E-state index in [9.17, 15) is 8.42 Å². The predicted molar refractivity (Wildman–Crippen MR) is 90.1 cm³/mol. The van der Waals surface area contributed by atoms with Crippen molar-refractivity contribution in [2.75, 3.05) is 32.9 Å². The highest BCUT2D eigenvalue weighted by atomic mass is 32.2. The zero-order chi connectivity index (χ0) is 16.2. The summed E-state index contributed by atoms with van der Waals surface area (Å²) < 4.78 is 31.0. The Labute approximate surface area is 132 Å². The molecule has 0 saturated carbocycles. The van der Waals surface area contributed by atoms with Gasteiger partial charge in [-0.1, -0.05) is 58.3 Å². The monoisotopic (exact) mass is 322 g/mol. The third-order valence-corrected chi connectivity index (χ3v) is 4.77. The van der Waals surface area contributed by atoms with Crippen LogP contribution in [0.1, 0.15) is 71.1 Å². The molecule has 0 spiro atoms. The molecule has 0 radical (unpaired) electrons. The van der Waals surface area contributed by atoms with Crippen LogP contribution in [-0.4, -0.2) is 50.4 Å². The summed E-state index contributed by atoms with van der Waals surface area (Å²) in [6.45, 7) is 3.71. The van der Waals surface area contributed by atoms with Crippen molar-refractivity contribution in [3.63, 3.8) is 0 Å². The van der Waals surface area contributed by atoms with Crippen molar-refractivity contribution >= 4 is 10.1 Å². The van der Waals surface area contributed by atoms with Gasteiger partial charge < -0.3 is 4.48 Å². The Kier molecular flexibility index (Phi) is 11.4. The van der Waals surface area contributed by atoms with Crippen molar-refractivity contribution in [3.8, 4) is 0 Å². The maximum Gasteiger partial charge on any atom is 0.270 e. The van der Waals surface area contributed by atoms with Crippen molar-refractivity contribution in [2.45, 2.75) is 71.1 Å². The number of nitrogens with zero attached hydrogens (tertiary/aromatic N) is 1. The third kappa shape index (κ3) is 16.1. The molecule has 0 saturated heterocycles. The molecule has 0 aromatic rings. The van der Waals surface area contributed by atoms with Gasteiger partial charge in [0.2, 0.25) is 0 Å². The maximum absolute atomic E-state index is 10.8. The molecule has 1 N–H and O–H groups in total. The van der Waals surface area contributed by atoms with Crippen molar-refractivity contribution < 1.29 is 17.5 Å². The minimum atomic E-state index is -3.83. The quantitative estimate of drug-likeness (QED) is 0.300. The van der Waals surface area contributed by atoms with E-state index in [1.807, 2.05) is 14.1 Å². The standard InChI is InChI=1S/C16H35NO3S/c1-4-5-6-7-8-9-10-11-12-13-14-17(2,3)15-16-21(18,19)20/h4-16H2,1-3H3/p+1. The van der Waals surface area contributed by atoms with E-state index in [1.54, 1.807) is 0 Å². The Morgan fingerprint density at radius 1 is 0.762 bits per heavy atom. The van der Waals surface area contributed by atoms with Crippen molar-refractivity contribution in [3.05, 3.63) is 0 Å². The van der Waals surface area contributed by atoms with Crippen LogP contribution in [0.3, 0.4) is 0 Å². The molecule has 0 aliphatic carbocycles. The largest absolute Gasteiger partial charge is 0.328 e. The van der Waals surface area contributed by atoms with E-state index in [-0.39, 0.29) is 5.75 Å². The average Bonchev–Trinajstić information content (AvgIpc) is 2.38. The first-order valence-corrected chi connectivity index (χ1v) is 10.1. The van der Waals surface area contributed by atoms with Crippen LogP contribution in [0.2, 0.25) is 0 Å². The normalized spacial score (nSPS) is 12.8. The Hall–Kier alpha value is -0.130. The van der Waals surface area contributed by atoms with Crippen LogP contribution in [0.4, 0.5) is 0 Å². The van der Waals surface area contributed by atoms with E-state index < -0.39 is 10.1 Å². The molecule has 0 fully saturated rings. The topological polar surface area (TPSA) is 54.4 Å². The predicted octanol–water partition coefficient (Wildman–Crippen LogP) is 3.87. The molecule has 21 heavy (non-hydrogen) atoms. The van der Waals surface area contributed by atoms with Gasteiger partial charge in [0.15, 0.2) is 0 Å². The van der Waals surface area contributed by atoms with Crippen LogP contribution >= 0.6 is 0 Å². The van der Waals surface area contributed by atoms with Crippen molar-refractivity contribution in [1.29, 1.82) is 0 Å². The molecule has 128 valence electrons. The molecule has 0 aliphatic heterocycles. The average molecular weight is 323 g/mol. The van der Waals surface area contributed by atoms with Crippen LogP contribution in [-0.2, 0) is 10.1 Å². The van der Waals surface area contributed by atoms with Gasteiger partial charge in [0.05, 0.1) is 27.2 Å². The second-order valence-electron chi connectivity index (χ2n) is 6.85. The molecule has 4 nitrogen and oxygen atoms in total. The molecule has 0 aliphatic rings. The lowest BCUT2D eigenvalue weighted by Crippen LogP contribution is -2.43. The molecule has 0 atom stereocenters. The number of quaternary nitrogens is 1. The molecule has 0 amide bonds. The summed E-state index contributed by atoms with van der Waals surface area (Å²) in [6, 6.07) is 0. The molecule has 0 bridgehead atoms. The van der Waals surface area contributed by atoms with Gasteiger partial charge in [-0.25, -0.2) is 0 Å². The van der Waals surface area contributed by atoms with E-state index in [1.165, 1.54) is 57.8 Å². The van der Waals surface area contributed by atoms with Crippen molar-refractivity contribution in [2.24, 2.45) is 0 Å². The lowest BCUT2D eigenvalue weighted by atomic mass is 10.1. The van der Waals surface area contributed by atoms with Gasteiger partial charge in [-0.05, 0) is 12.8 Å². The smallest absolute Gasteiger partial charge is 0.270 e. The van der Waals surface area contributed by atoms with Crippen LogP contribution in [0.5, 0.6) is 0 Å². The Balaban J connectivity index is 3.44. The van der Waals surface area contributed by atoms with Gasteiger partial charge in [0, 0.05) is 0 Å². The lowest BCUT2D eigenvalue weighted by Gasteiger charge is -2.29. The summed E-state index contributed by atoms with van der Waals surface area (Å²) in [5, 5.41) is 0. The summed E-state index contributed by atoms with van der Waals surface area (Å²) in [4.78, 5) is 0. The fourth-order valence-electron chi connectivity index (χ4n) is 2.50. The molecule has 5 heteroatoms. The Morgan fingerprint density at radius 2 is 1.19 bits per heavy atom. The molecule has 0 unspecified atom stereocenters. The highest BCUT2D eigenvalue weighted by Crippen LogP contribution is 2.11. The van der Waals surface area contributed by atoms with Gasteiger partial charge in [-0.2, -0.15) is 8.42 Å². The molecule has 0 aromatic heterocycles. The van der Waals surface area contributed by atoms with Gasteiger partial charge in [-0.15, -0.1) is 0 Å². The van der Waals surface area contributed by atoms with E-state index in [0.717, 1.165) is 13.0 Å². The van der Waals surface area contributed by atoms with Crippen LogP contribution in [0, 0.1) is 0 Å². The lowest BCUT2D eigenvalue weighted by molar-refractivity contribution is -0.888. The van der Waals surface area contributed by atoms with E-state index >= 15 is 0 Å². The Morgan fingerprint density at radius 3 is 1.62 bits per heavy atom. The van der Waals surface area contributed by atoms with Gasteiger partial charge in [0.25, 0.3) is 10.1 Å². The summed E-state index contributed by atoms with van der Waals surface area (Å²) in [5.74, 6) is -0.141. The first-order valence-electron chi connectivity index (χ1n) is 8.54. The number of unbranched alkanes of at least 4 members (excludes halogenated alkanes) is 9. The third-order valence-electron chi connectivity index (χ3n) is 4.07. The molecule has 0 heterocycles. The second kappa shape index (κ2) is 11.4. The number of hydrogen-bond donors (Lipinski definition) is 1. The maximum atomic E-state index is 10.8. The highest BCUT2D eigenvalue weighted by Gasteiger charge is 2.18. The van der Waals surface area contributed by atoms with E-state index in [0.29, 0.717) is 11.0 Å². The minimum Gasteiger partial charge on any atom is -0.328 e. The molecular formula is C16H36NO3S+.